The number of nitrogens with one attached hydrogen (secondary N) is 1. The van der Waals surface area contributed by atoms with Crippen molar-refractivity contribution in [1.29, 1.82) is 0 Å². The van der Waals surface area contributed by atoms with Gasteiger partial charge in [0.25, 0.3) is 0 Å². The number of primary sulfonamides is 1. The average Bonchev–Trinajstić information content (AvgIpc) is 2.33. The molecule has 0 fully saturated rings. The SMILES string of the molecule is Cc1cnc(C)c(Nc2ccc(S(N)(=O)=O)cc2)n1. The predicted octanol–water partition coefficient (Wildman–Crippen LogP) is 1.48. The van der Waals surface area contributed by atoms with Crippen LogP contribution < -0.4 is 10.5 Å². The van der Waals surface area contributed by atoms with Crippen molar-refractivity contribution in [1.82, 2.24) is 9.97 Å². The zero-order chi connectivity index (χ0) is 14.0. The summed E-state index contributed by atoms with van der Waals surface area (Å²) < 4.78 is 22.3. The van der Waals surface area contributed by atoms with Gasteiger partial charge < -0.3 is 5.32 Å². The first-order valence-electron chi connectivity index (χ1n) is 5.56. The maximum absolute atomic E-state index is 11.1. The third-order valence-electron chi connectivity index (χ3n) is 2.52. The highest BCUT2D eigenvalue weighted by Gasteiger charge is 2.07. The zero-order valence-electron chi connectivity index (χ0n) is 10.6. The molecule has 2 rings (SSSR count). The van der Waals surface area contributed by atoms with Gasteiger partial charge in [0.15, 0.2) is 5.82 Å². The molecule has 0 bridgehead atoms. The van der Waals surface area contributed by atoms with Crippen LogP contribution in [-0.2, 0) is 10.0 Å². The van der Waals surface area contributed by atoms with E-state index in [-0.39, 0.29) is 4.90 Å². The summed E-state index contributed by atoms with van der Waals surface area (Å²) in [5.41, 5.74) is 2.28. The van der Waals surface area contributed by atoms with E-state index >= 15 is 0 Å². The Morgan fingerprint density at radius 2 is 1.79 bits per heavy atom. The van der Waals surface area contributed by atoms with Crippen LogP contribution in [0.25, 0.3) is 0 Å². The van der Waals surface area contributed by atoms with Gasteiger partial charge in [-0.05, 0) is 38.1 Å². The average molecular weight is 278 g/mol. The summed E-state index contributed by atoms with van der Waals surface area (Å²) in [5, 5.41) is 8.12. The van der Waals surface area contributed by atoms with E-state index in [1.165, 1.54) is 12.1 Å². The normalized spacial score (nSPS) is 11.3. The Kier molecular flexibility index (Phi) is 3.50. The Balaban J connectivity index is 2.27. The smallest absolute Gasteiger partial charge is 0.238 e. The molecule has 0 radical (unpaired) electrons. The number of aromatic nitrogens is 2. The highest BCUT2D eigenvalue weighted by atomic mass is 32.2. The van der Waals surface area contributed by atoms with Gasteiger partial charge in [0, 0.05) is 11.9 Å². The summed E-state index contributed by atoms with van der Waals surface area (Å²) in [6.07, 6.45) is 1.69. The molecule has 0 saturated carbocycles. The van der Waals surface area contributed by atoms with Gasteiger partial charge in [-0.1, -0.05) is 0 Å². The van der Waals surface area contributed by atoms with E-state index in [1.54, 1.807) is 18.3 Å². The largest absolute Gasteiger partial charge is 0.339 e. The van der Waals surface area contributed by atoms with E-state index in [2.05, 4.69) is 15.3 Å². The quantitative estimate of drug-likeness (QED) is 0.886. The molecule has 0 saturated heterocycles. The van der Waals surface area contributed by atoms with Crippen LogP contribution in [-0.4, -0.2) is 18.4 Å². The lowest BCUT2D eigenvalue weighted by molar-refractivity contribution is 0.598. The maximum Gasteiger partial charge on any atom is 0.238 e. The van der Waals surface area contributed by atoms with Gasteiger partial charge in [-0.2, -0.15) is 0 Å². The van der Waals surface area contributed by atoms with E-state index in [0.29, 0.717) is 5.82 Å². The van der Waals surface area contributed by atoms with E-state index in [1.807, 2.05) is 13.8 Å². The summed E-state index contributed by atoms with van der Waals surface area (Å²) in [4.78, 5) is 8.59. The molecule has 0 aliphatic carbocycles. The number of anilines is 2. The van der Waals surface area contributed by atoms with Crippen LogP contribution in [0.1, 0.15) is 11.4 Å². The second kappa shape index (κ2) is 4.94. The summed E-state index contributed by atoms with van der Waals surface area (Å²) in [6, 6.07) is 6.14. The lowest BCUT2D eigenvalue weighted by Crippen LogP contribution is -2.11. The van der Waals surface area contributed by atoms with Gasteiger partial charge in [-0.25, -0.2) is 18.5 Å². The monoisotopic (exact) mass is 278 g/mol. The van der Waals surface area contributed by atoms with Crippen molar-refractivity contribution in [2.75, 3.05) is 5.32 Å². The third kappa shape index (κ3) is 3.27. The molecule has 19 heavy (non-hydrogen) atoms. The van der Waals surface area contributed by atoms with Crippen molar-refractivity contribution in [3.05, 3.63) is 41.9 Å². The van der Waals surface area contributed by atoms with E-state index < -0.39 is 10.0 Å². The summed E-state index contributed by atoms with van der Waals surface area (Å²) in [7, 11) is -3.66. The first-order chi connectivity index (χ1) is 8.86. The maximum atomic E-state index is 11.1. The Hall–Kier alpha value is -1.99. The van der Waals surface area contributed by atoms with E-state index in [4.69, 9.17) is 5.14 Å². The van der Waals surface area contributed by atoms with Crippen molar-refractivity contribution >= 4 is 21.5 Å². The molecule has 2 aromatic rings. The molecule has 0 aliphatic rings. The number of hydrogen-bond acceptors (Lipinski definition) is 5. The fourth-order valence-corrected chi connectivity index (χ4v) is 2.04. The summed E-state index contributed by atoms with van der Waals surface area (Å²) in [5.74, 6) is 0.642. The zero-order valence-corrected chi connectivity index (χ0v) is 11.4. The second-order valence-electron chi connectivity index (χ2n) is 4.14. The highest BCUT2D eigenvalue weighted by molar-refractivity contribution is 7.89. The first-order valence-corrected chi connectivity index (χ1v) is 7.11. The van der Waals surface area contributed by atoms with Crippen LogP contribution in [0.2, 0.25) is 0 Å². The van der Waals surface area contributed by atoms with Crippen molar-refractivity contribution in [2.45, 2.75) is 18.7 Å². The van der Waals surface area contributed by atoms with Gasteiger partial charge in [0.05, 0.1) is 16.3 Å². The molecular weight excluding hydrogens is 264 g/mol. The topological polar surface area (TPSA) is 98.0 Å². The number of nitrogens with zero attached hydrogens (tertiary/aromatic N) is 2. The predicted molar refractivity (Wildman–Crippen MR) is 72.6 cm³/mol. The molecule has 1 aromatic carbocycles. The van der Waals surface area contributed by atoms with Crippen LogP contribution in [0.3, 0.4) is 0 Å². The van der Waals surface area contributed by atoms with Crippen LogP contribution in [0.5, 0.6) is 0 Å². The van der Waals surface area contributed by atoms with Crippen LogP contribution in [0.15, 0.2) is 35.4 Å². The number of hydrogen-bond donors (Lipinski definition) is 2. The highest BCUT2D eigenvalue weighted by Crippen LogP contribution is 2.18. The molecule has 1 aromatic heterocycles. The van der Waals surface area contributed by atoms with E-state index in [9.17, 15) is 8.42 Å². The molecule has 0 atom stereocenters. The van der Waals surface area contributed by atoms with E-state index in [0.717, 1.165) is 17.1 Å². The van der Waals surface area contributed by atoms with Crippen molar-refractivity contribution in [3.8, 4) is 0 Å². The van der Waals surface area contributed by atoms with Crippen molar-refractivity contribution in [3.63, 3.8) is 0 Å². The third-order valence-corrected chi connectivity index (χ3v) is 3.45. The van der Waals surface area contributed by atoms with Gasteiger partial charge in [-0.3, -0.25) is 4.98 Å². The summed E-state index contributed by atoms with van der Waals surface area (Å²) >= 11 is 0. The Bertz CT molecular complexity index is 696. The molecule has 100 valence electrons. The molecule has 7 heteroatoms. The standard InChI is InChI=1S/C12H14N4O2S/c1-8-7-14-9(2)12(15-8)16-10-3-5-11(6-4-10)19(13,17)18/h3-7H,1-2H3,(H,15,16)(H2,13,17,18). The fourth-order valence-electron chi connectivity index (χ4n) is 1.52. The van der Waals surface area contributed by atoms with Gasteiger partial charge in [-0.15, -0.1) is 0 Å². The fraction of sp³-hybridized carbons (Fsp3) is 0.167. The van der Waals surface area contributed by atoms with Gasteiger partial charge >= 0.3 is 0 Å². The molecule has 1 heterocycles. The minimum Gasteiger partial charge on any atom is -0.339 e. The minimum atomic E-state index is -3.66. The Morgan fingerprint density at radius 3 is 2.37 bits per heavy atom. The number of nitrogens with two attached hydrogens (primary N) is 1. The van der Waals surface area contributed by atoms with Crippen LogP contribution in [0, 0.1) is 13.8 Å². The minimum absolute atomic E-state index is 0.0742. The van der Waals surface area contributed by atoms with Crippen molar-refractivity contribution in [2.24, 2.45) is 5.14 Å². The molecule has 0 amide bonds. The number of aryl methyl sites for hydroxylation is 2. The first kappa shape index (κ1) is 13.4. The molecule has 3 N–H and O–H groups in total. The molecule has 6 nitrogen and oxygen atoms in total. The number of rotatable bonds is 3. The molecule has 0 aliphatic heterocycles. The Labute approximate surface area is 111 Å². The van der Waals surface area contributed by atoms with Crippen LogP contribution >= 0.6 is 0 Å². The second-order valence-corrected chi connectivity index (χ2v) is 5.70. The lowest BCUT2D eigenvalue weighted by atomic mass is 10.3. The van der Waals surface area contributed by atoms with Crippen LogP contribution in [0.4, 0.5) is 11.5 Å². The summed E-state index contributed by atoms with van der Waals surface area (Å²) in [6.45, 7) is 3.69. The van der Waals surface area contributed by atoms with Crippen molar-refractivity contribution < 1.29 is 8.42 Å². The number of benzene rings is 1. The lowest BCUT2D eigenvalue weighted by Gasteiger charge is -2.09. The van der Waals surface area contributed by atoms with Gasteiger partial charge in [0.2, 0.25) is 10.0 Å². The Morgan fingerprint density at radius 1 is 1.16 bits per heavy atom. The number of sulfonamides is 1. The molecule has 0 spiro atoms. The molecule has 0 unspecified atom stereocenters. The molecular formula is C12H14N4O2S. The van der Waals surface area contributed by atoms with Gasteiger partial charge in [0.1, 0.15) is 0 Å².